The summed E-state index contributed by atoms with van der Waals surface area (Å²) in [6.45, 7) is 0. The molecular formula is C27H11F9O. The SMILES string of the molecule is COc1c(F)c(F)c(-c2c3ccccc3c(-c3c(F)c(F)cc(F)c3F)c3cccc(F)c23)c(F)c1F. The minimum atomic E-state index is -1.92. The molecule has 188 valence electrons. The Balaban J connectivity index is 2.10. The van der Waals surface area contributed by atoms with Crippen molar-refractivity contribution in [3.8, 4) is 28.0 Å². The van der Waals surface area contributed by atoms with Gasteiger partial charge in [0.15, 0.2) is 40.7 Å². The molecule has 10 heteroatoms. The van der Waals surface area contributed by atoms with Gasteiger partial charge in [-0.2, -0.15) is 8.78 Å². The molecule has 1 nitrogen and oxygen atoms in total. The van der Waals surface area contributed by atoms with Crippen LogP contribution >= 0.6 is 0 Å². The molecule has 0 aliphatic heterocycles. The fourth-order valence-electron chi connectivity index (χ4n) is 4.52. The molecule has 0 aromatic heterocycles. The van der Waals surface area contributed by atoms with Gasteiger partial charge in [-0.15, -0.1) is 0 Å². The molecule has 0 saturated heterocycles. The molecule has 5 aromatic carbocycles. The molecule has 0 unspecified atom stereocenters. The van der Waals surface area contributed by atoms with Crippen LogP contribution in [0.1, 0.15) is 0 Å². The summed E-state index contributed by atoms with van der Waals surface area (Å²) in [6, 6.07) is 7.93. The van der Waals surface area contributed by atoms with Crippen LogP contribution in [0.25, 0.3) is 43.8 Å². The molecule has 5 rings (SSSR count). The minimum absolute atomic E-state index is 0.0127. The number of hydrogen-bond acceptors (Lipinski definition) is 1. The summed E-state index contributed by atoms with van der Waals surface area (Å²) in [5.74, 6) is -17.3. The first-order valence-electron chi connectivity index (χ1n) is 10.5. The predicted molar refractivity (Wildman–Crippen MR) is 119 cm³/mol. The molecule has 0 spiro atoms. The molecular weight excluding hydrogens is 511 g/mol. The number of benzene rings is 5. The van der Waals surface area contributed by atoms with Gasteiger partial charge in [-0.3, -0.25) is 0 Å². The zero-order valence-electron chi connectivity index (χ0n) is 18.4. The Morgan fingerprint density at radius 2 is 0.946 bits per heavy atom. The number of fused-ring (bicyclic) bond motifs is 2. The summed E-state index contributed by atoms with van der Waals surface area (Å²) >= 11 is 0. The van der Waals surface area contributed by atoms with Crippen molar-refractivity contribution < 1.29 is 44.3 Å². The van der Waals surface area contributed by atoms with E-state index in [1.165, 1.54) is 18.2 Å². The third kappa shape index (κ3) is 3.42. The number of halogens is 9. The van der Waals surface area contributed by atoms with Crippen LogP contribution in [0.2, 0.25) is 0 Å². The number of methoxy groups -OCH3 is 1. The van der Waals surface area contributed by atoms with Crippen molar-refractivity contribution in [1.82, 2.24) is 0 Å². The molecule has 0 atom stereocenters. The summed E-state index contributed by atoms with van der Waals surface area (Å²) in [6.07, 6.45) is 0. The lowest BCUT2D eigenvalue weighted by atomic mass is 9.85. The van der Waals surface area contributed by atoms with Gasteiger partial charge in [-0.05, 0) is 22.2 Å². The quantitative estimate of drug-likeness (QED) is 0.131. The van der Waals surface area contributed by atoms with Crippen molar-refractivity contribution in [3.63, 3.8) is 0 Å². The lowest BCUT2D eigenvalue weighted by Crippen LogP contribution is -2.06. The first-order valence-corrected chi connectivity index (χ1v) is 10.5. The fourth-order valence-corrected chi connectivity index (χ4v) is 4.52. The zero-order valence-corrected chi connectivity index (χ0v) is 18.4. The van der Waals surface area contributed by atoms with Crippen LogP contribution in [0.5, 0.6) is 5.75 Å². The number of rotatable bonds is 3. The van der Waals surface area contributed by atoms with Gasteiger partial charge >= 0.3 is 0 Å². The maximum atomic E-state index is 15.3. The zero-order chi connectivity index (χ0) is 26.8. The van der Waals surface area contributed by atoms with Crippen LogP contribution in [0.3, 0.4) is 0 Å². The third-order valence-electron chi connectivity index (χ3n) is 6.04. The van der Waals surface area contributed by atoms with Gasteiger partial charge in [-0.25, -0.2) is 30.7 Å². The molecule has 0 saturated carbocycles. The van der Waals surface area contributed by atoms with E-state index in [1.54, 1.807) is 0 Å². The molecule has 0 radical (unpaired) electrons. The lowest BCUT2D eigenvalue weighted by molar-refractivity contribution is 0.334. The Morgan fingerprint density at radius 1 is 0.459 bits per heavy atom. The van der Waals surface area contributed by atoms with Gasteiger partial charge in [0.25, 0.3) is 0 Å². The smallest absolute Gasteiger partial charge is 0.204 e. The van der Waals surface area contributed by atoms with Gasteiger partial charge in [0, 0.05) is 22.6 Å². The standard InChI is InChI=1S/C27H11F9O/c1-37-27-25(35)23(33)20(24(34)26(27)36)18-11-6-3-2-5-10(11)16(12-7-4-8-13(28)17(12)18)19-21(31)14(29)9-15(30)22(19)32/h2-9H,1H3. The van der Waals surface area contributed by atoms with Crippen LogP contribution in [0.4, 0.5) is 39.5 Å². The molecule has 0 amide bonds. The van der Waals surface area contributed by atoms with Crippen LogP contribution in [0, 0.1) is 52.4 Å². The Kier molecular flexibility index (Phi) is 5.77. The van der Waals surface area contributed by atoms with Crippen molar-refractivity contribution in [2.75, 3.05) is 7.11 Å². The Morgan fingerprint density at radius 3 is 1.49 bits per heavy atom. The molecule has 5 aromatic rings. The third-order valence-corrected chi connectivity index (χ3v) is 6.04. The van der Waals surface area contributed by atoms with Crippen molar-refractivity contribution in [2.45, 2.75) is 0 Å². The predicted octanol–water partition coefficient (Wildman–Crippen LogP) is 8.59. The van der Waals surface area contributed by atoms with Gasteiger partial charge < -0.3 is 4.74 Å². The molecule has 0 bridgehead atoms. The second kappa shape index (κ2) is 8.72. The van der Waals surface area contributed by atoms with Crippen LogP contribution in [-0.2, 0) is 0 Å². The van der Waals surface area contributed by atoms with E-state index in [4.69, 9.17) is 0 Å². The Hall–Kier alpha value is -4.21. The Bertz CT molecular complexity index is 1710. The normalized spacial score (nSPS) is 11.5. The topological polar surface area (TPSA) is 9.23 Å². The first kappa shape index (κ1) is 24.5. The second-order valence-corrected chi connectivity index (χ2v) is 7.97. The summed E-state index contributed by atoms with van der Waals surface area (Å²) in [7, 11) is 0.778. The van der Waals surface area contributed by atoms with E-state index < -0.39 is 91.1 Å². The maximum absolute atomic E-state index is 15.3. The minimum Gasteiger partial charge on any atom is -0.491 e. The average Bonchev–Trinajstić information content (AvgIpc) is 2.88. The van der Waals surface area contributed by atoms with E-state index in [0.29, 0.717) is 0 Å². The van der Waals surface area contributed by atoms with Crippen LogP contribution in [-0.4, -0.2) is 7.11 Å². The highest BCUT2D eigenvalue weighted by Crippen LogP contribution is 2.48. The highest BCUT2D eigenvalue weighted by Gasteiger charge is 2.32. The number of hydrogen-bond donors (Lipinski definition) is 0. The molecule has 0 fully saturated rings. The summed E-state index contributed by atoms with van der Waals surface area (Å²) in [5.41, 5.74) is -3.76. The summed E-state index contributed by atoms with van der Waals surface area (Å²) in [5, 5.41) is -1.71. The van der Waals surface area contributed by atoms with Gasteiger partial charge in [-0.1, -0.05) is 36.4 Å². The summed E-state index contributed by atoms with van der Waals surface area (Å²) < 4.78 is 138. The first-order chi connectivity index (χ1) is 17.6. The maximum Gasteiger partial charge on any atom is 0.204 e. The molecule has 0 aliphatic carbocycles. The van der Waals surface area contributed by atoms with Gasteiger partial charge in [0.1, 0.15) is 5.82 Å². The van der Waals surface area contributed by atoms with Gasteiger partial charge in [0.05, 0.1) is 18.2 Å². The van der Waals surface area contributed by atoms with Crippen LogP contribution < -0.4 is 4.74 Å². The van der Waals surface area contributed by atoms with Crippen molar-refractivity contribution in [3.05, 3.63) is 101 Å². The molecule has 0 aliphatic rings. The van der Waals surface area contributed by atoms with E-state index in [2.05, 4.69) is 4.74 Å². The molecule has 0 heterocycles. The van der Waals surface area contributed by atoms with E-state index >= 15 is 13.2 Å². The second-order valence-electron chi connectivity index (χ2n) is 7.97. The number of ether oxygens (including phenoxy) is 1. The molecule has 0 N–H and O–H groups in total. The fraction of sp³-hybridized carbons (Fsp3) is 0.0370. The largest absolute Gasteiger partial charge is 0.491 e. The van der Waals surface area contributed by atoms with E-state index in [1.807, 2.05) is 0 Å². The van der Waals surface area contributed by atoms with E-state index in [9.17, 15) is 26.3 Å². The van der Waals surface area contributed by atoms with E-state index in [-0.39, 0.29) is 16.8 Å². The van der Waals surface area contributed by atoms with Crippen molar-refractivity contribution in [2.24, 2.45) is 0 Å². The Labute approximate surface area is 202 Å². The average molecular weight is 522 g/mol. The van der Waals surface area contributed by atoms with Crippen LogP contribution in [0.15, 0.2) is 48.5 Å². The lowest BCUT2D eigenvalue weighted by Gasteiger charge is -2.20. The van der Waals surface area contributed by atoms with E-state index in [0.717, 1.165) is 31.4 Å². The van der Waals surface area contributed by atoms with Crippen molar-refractivity contribution in [1.29, 1.82) is 0 Å². The monoisotopic (exact) mass is 522 g/mol. The van der Waals surface area contributed by atoms with Crippen molar-refractivity contribution >= 4 is 21.5 Å². The highest BCUT2D eigenvalue weighted by molar-refractivity contribution is 6.21. The van der Waals surface area contributed by atoms with Gasteiger partial charge in [0.2, 0.25) is 11.6 Å². The molecule has 37 heavy (non-hydrogen) atoms. The summed E-state index contributed by atoms with van der Waals surface area (Å²) in [4.78, 5) is 0. The highest BCUT2D eigenvalue weighted by atomic mass is 19.2.